The summed E-state index contributed by atoms with van der Waals surface area (Å²) >= 11 is 0. The Balaban J connectivity index is 1.11. The van der Waals surface area contributed by atoms with E-state index in [1.807, 2.05) is 0 Å². The lowest BCUT2D eigenvalue weighted by molar-refractivity contribution is -0.132. The molecule has 2 aliphatic carbocycles. The van der Waals surface area contributed by atoms with Crippen molar-refractivity contribution in [1.82, 2.24) is 9.80 Å². The summed E-state index contributed by atoms with van der Waals surface area (Å²) in [5.41, 5.74) is 4.21. The van der Waals surface area contributed by atoms with E-state index in [0.29, 0.717) is 28.8 Å². The van der Waals surface area contributed by atoms with Gasteiger partial charge in [0.05, 0.1) is 23.6 Å². The first kappa shape index (κ1) is 22.2. The van der Waals surface area contributed by atoms with Crippen LogP contribution >= 0.6 is 0 Å². The van der Waals surface area contributed by atoms with Gasteiger partial charge in [-0.3, -0.25) is 29.0 Å². The van der Waals surface area contributed by atoms with Crippen molar-refractivity contribution >= 4 is 29.1 Å². The Labute approximate surface area is 204 Å². The van der Waals surface area contributed by atoms with Crippen LogP contribution in [-0.2, 0) is 22.7 Å². The van der Waals surface area contributed by atoms with Crippen molar-refractivity contribution in [2.75, 3.05) is 18.4 Å². The molecule has 2 heterocycles. The maximum absolute atomic E-state index is 13.2. The number of likely N-dealkylation sites (tertiary alicyclic amines) is 1. The fourth-order valence-electron chi connectivity index (χ4n) is 6.09. The van der Waals surface area contributed by atoms with Crippen LogP contribution in [0.1, 0.15) is 70.4 Å². The van der Waals surface area contributed by atoms with Crippen molar-refractivity contribution < 1.29 is 19.2 Å². The van der Waals surface area contributed by atoms with E-state index in [4.69, 9.17) is 0 Å². The highest BCUT2D eigenvalue weighted by Crippen LogP contribution is 2.48. The first-order valence-corrected chi connectivity index (χ1v) is 12.5. The van der Waals surface area contributed by atoms with E-state index in [-0.39, 0.29) is 30.8 Å². The molecule has 1 N–H and O–H groups in total. The molecule has 1 saturated heterocycles. The summed E-state index contributed by atoms with van der Waals surface area (Å²) in [6.45, 7) is 3.95. The maximum atomic E-state index is 13.2. The fourth-order valence-corrected chi connectivity index (χ4v) is 6.09. The Morgan fingerprint density at radius 2 is 1.66 bits per heavy atom. The van der Waals surface area contributed by atoms with Crippen molar-refractivity contribution in [2.24, 2.45) is 5.41 Å². The number of nitrogens with one attached hydrogen (secondary N) is 1. The van der Waals surface area contributed by atoms with Crippen LogP contribution in [0.4, 0.5) is 5.69 Å². The SMILES string of the molecule is O=C1CCC(N2C(=O)c3cccc(NCc4ccc(CN5CC6(CCC6)C5)cc4)c3C2=O)C(=O)C1. The van der Waals surface area contributed by atoms with Gasteiger partial charge in [0, 0.05) is 38.3 Å². The average molecular weight is 472 g/mol. The van der Waals surface area contributed by atoms with Crippen molar-refractivity contribution in [3.05, 3.63) is 64.7 Å². The highest BCUT2D eigenvalue weighted by atomic mass is 16.2. The fraction of sp³-hybridized carbons (Fsp3) is 0.429. The molecule has 6 rings (SSSR count). The van der Waals surface area contributed by atoms with E-state index in [1.165, 1.54) is 37.9 Å². The molecule has 7 heteroatoms. The van der Waals surface area contributed by atoms with Crippen LogP contribution in [0.15, 0.2) is 42.5 Å². The monoisotopic (exact) mass is 471 g/mol. The van der Waals surface area contributed by atoms with Crippen molar-refractivity contribution in [3.63, 3.8) is 0 Å². The Hall–Kier alpha value is -3.32. The molecule has 180 valence electrons. The van der Waals surface area contributed by atoms with Crippen molar-refractivity contribution in [3.8, 4) is 0 Å². The normalized spacial score (nSPS) is 23.3. The van der Waals surface area contributed by atoms with E-state index in [2.05, 4.69) is 34.5 Å². The lowest BCUT2D eigenvalue weighted by atomic mass is 9.63. The summed E-state index contributed by atoms with van der Waals surface area (Å²) in [5, 5.41) is 3.31. The van der Waals surface area contributed by atoms with Crippen LogP contribution in [0.2, 0.25) is 0 Å². The minimum atomic E-state index is -0.855. The quantitative estimate of drug-likeness (QED) is 0.512. The standard InChI is InChI=1S/C28H29N3O4/c32-20-9-10-23(24(33)13-20)31-26(34)21-3-1-4-22(25(21)27(31)35)29-14-18-5-7-19(8-6-18)15-30-16-28(17-30)11-2-12-28/h1,3-8,23,29H,2,9-17H2. The molecule has 2 aromatic carbocycles. The number of hydrogen-bond acceptors (Lipinski definition) is 6. The predicted octanol–water partition coefficient (Wildman–Crippen LogP) is 3.57. The van der Waals surface area contributed by atoms with Crippen LogP contribution in [-0.4, -0.2) is 52.3 Å². The number of rotatable bonds is 6. The summed E-state index contributed by atoms with van der Waals surface area (Å²) in [6.07, 6.45) is 4.37. The lowest BCUT2D eigenvalue weighted by Crippen LogP contribution is -2.58. The number of imide groups is 1. The molecule has 1 spiro atoms. The summed E-state index contributed by atoms with van der Waals surface area (Å²) in [7, 11) is 0. The molecule has 1 unspecified atom stereocenters. The van der Waals surface area contributed by atoms with Gasteiger partial charge in [-0.05, 0) is 47.9 Å². The third-order valence-electron chi connectivity index (χ3n) is 8.14. The van der Waals surface area contributed by atoms with E-state index < -0.39 is 17.9 Å². The van der Waals surface area contributed by atoms with E-state index in [0.717, 1.165) is 17.0 Å². The third kappa shape index (κ3) is 3.88. The number of Topliss-reactive ketones (excluding diaryl/α,β-unsaturated/α-hetero) is 2. The highest BCUT2D eigenvalue weighted by molar-refractivity contribution is 6.25. The van der Waals surface area contributed by atoms with Gasteiger partial charge in [0.2, 0.25) is 0 Å². The smallest absolute Gasteiger partial charge is 0.264 e. The number of hydrogen-bond donors (Lipinski definition) is 1. The van der Waals surface area contributed by atoms with E-state index in [9.17, 15) is 19.2 Å². The van der Waals surface area contributed by atoms with Crippen LogP contribution in [0.25, 0.3) is 0 Å². The van der Waals surface area contributed by atoms with Gasteiger partial charge in [-0.25, -0.2) is 0 Å². The van der Waals surface area contributed by atoms with E-state index in [1.54, 1.807) is 18.2 Å². The minimum Gasteiger partial charge on any atom is -0.380 e. The first-order valence-electron chi connectivity index (χ1n) is 12.5. The number of amides is 2. The van der Waals surface area contributed by atoms with Gasteiger partial charge < -0.3 is 5.32 Å². The number of anilines is 1. The molecule has 2 saturated carbocycles. The zero-order valence-corrected chi connectivity index (χ0v) is 19.7. The summed E-state index contributed by atoms with van der Waals surface area (Å²) in [6, 6.07) is 12.8. The number of ketones is 2. The molecule has 4 aliphatic rings. The molecular weight excluding hydrogens is 442 g/mol. The third-order valence-corrected chi connectivity index (χ3v) is 8.14. The Kier molecular flexibility index (Phi) is 5.33. The summed E-state index contributed by atoms with van der Waals surface area (Å²) in [4.78, 5) is 53.8. The van der Waals surface area contributed by atoms with Gasteiger partial charge in [0.25, 0.3) is 11.8 Å². The zero-order valence-electron chi connectivity index (χ0n) is 19.7. The number of fused-ring (bicyclic) bond motifs is 1. The Bertz CT molecular complexity index is 1220. The topological polar surface area (TPSA) is 86.8 Å². The second kappa shape index (κ2) is 8.41. The molecule has 0 bridgehead atoms. The van der Waals surface area contributed by atoms with Gasteiger partial charge in [-0.2, -0.15) is 0 Å². The molecule has 7 nitrogen and oxygen atoms in total. The van der Waals surface area contributed by atoms with Gasteiger partial charge in [0.15, 0.2) is 5.78 Å². The van der Waals surface area contributed by atoms with Gasteiger partial charge >= 0.3 is 0 Å². The molecule has 3 fully saturated rings. The number of carbonyl (C=O) groups is 4. The second-order valence-electron chi connectivity index (χ2n) is 10.6. The zero-order chi connectivity index (χ0) is 24.2. The molecule has 1 atom stereocenters. The lowest BCUT2D eigenvalue weighted by Gasteiger charge is -2.56. The molecule has 0 aromatic heterocycles. The predicted molar refractivity (Wildman–Crippen MR) is 130 cm³/mol. The van der Waals surface area contributed by atoms with Crippen molar-refractivity contribution in [2.45, 2.75) is 57.7 Å². The number of benzene rings is 2. The van der Waals surface area contributed by atoms with Gasteiger partial charge in [0.1, 0.15) is 5.78 Å². The van der Waals surface area contributed by atoms with Crippen LogP contribution in [0.5, 0.6) is 0 Å². The van der Waals surface area contributed by atoms with Gasteiger partial charge in [-0.15, -0.1) is 0 Å². The van der Waals surface area contributed by atoms with E-state index >= 15 is 0 Å². The number of nitrogens with zero attached hydrogens (tertiary/aromatic N) is 2. The van der Waals surface area contributed by atoms with Crippen LogP contribution in [0, 0.1) is 5.41 Å². The molecule has 2 amide bonds. The van der Waals surface area contributed by atoms with Crippen LogP contribution in [0.3, 0.4) is 0 Å². The minimum absolute atomic E-state index is 0.136. The Morgan fingerprint density at radius 3 is 2.34 bits per heavy atom. The number of carbonyl (C=O) groups excluding carboxylic acids is 4. The molecule has 2 aliphatic heterocycles. The summed E-state index contributed by atoms with van der Waals surface area (Å²) < 4.78 is 0. The second-order valence-corrected chi connectivity index (χ2v) is 10.6. The molecular formula is C28H29N3O4. The Morgan fingerprint density at radius 1 is 0.914 bits per heavy atom. The molecule has 2 aromatic rings. The average Bonchev–Trinajstić information content (AvgIpc) is 3.05. The summed E-state index contributed by atoms with van der Waals surface area (Å²) in [5.74, 6) is -1.41. The molecule has 0 radical (unpaired) electrons. The highest BCUT2D eigenvalue weighted by Gasteiger charge is 2.47. The van der Waals surface area contributed by atoms with Gasteiger partial charge in [-0.1, -0.05) is 36.8 Å². The largest absolute Gasteiger partial charge is 0.380 e. The van der Waals surface area contributed by atoms with Crippen LogP contribution < -0.4 is 5.32 Å². The first-order chi connectivity index (χ1) is 16.9. The maximum Gasteiger partial charge on any atom is 0.264 e. The molecule has 35 heavy (non-hydrogen) atoms. The van der Waals surface area contributed by atoms with Crippen molar-refractivity contribution in [1.29, 1.82) is 0 Å².